The molecular formula is C2H6OS. The summed E-state index contributed by atoms with van der Waals surface area (Å²) < 4.78 is 9.56. The van der Waals surface area contributed by atoms with Crippen molar-refractivity contribution in [3.63, 3.8) is 0 Å². The molecule has 0 spiro atoms. The average Bonchev–Trinajstić information content (AvgIpc) is 0.811. The van der Waals surface area contributed by atoms with Crippen molar-refractivity contribution in [2.45, 2.75) is 0 Å². The van der Waals surface area contributed by atoms with E-state index >= 15 is 0 Å². The lowest BCUT2D eigenvalue weighted by Crippen LogP contribution is -1.70. The predicted octanol–water partition coefficient (Wildman–Crippen LogP) is -0.00530. The van der Waals surface area contributed by atoms with Gasteiger partial charge in [-0.15, -0.1) is 0 Å². The van der Waals surface area contributed by atoms with Crippen molar-refractivity contribution >= 4 is 10.8 Å². The second-order valence-electron chi connectivity index (χ2n) is 0.742. The largest absolute Gasteiger partial charge is 0.260 e. The van der Waals surface area contributed by atoms with Crippen LogP contribution < -0.4 is 0 Å². The van der Waals surface area contributed by atoms with Crippen molar-refractivity contribution < 1.29 is 4.21 Å². The summed E-state index contributed by atoms with van der Waals surface area (Å²) in [4.78, 5) is 0. The first-order chi connectivity index (χ1) is 1.73. The van der Waals surface area contributed by atoms with E-state index in [1.165, 1.54) is 0 Å². The minimum Gasteiger partial charge on any atom is -0.260 e. The van der Waals surface area contributed by atoms with Crippen molar-refractivity contribution in [3.8, 4) is 0 Å². The van der Waals surface area contributed by atoms with Crippen LogP contribution in [0.1, 0.15) is 0 Å². The van der Waals surface area contributed by atoms with E-state index in [1.807, 2.05) is 0 Å². The first-order valence-electron chi connectivity index (χ1n) is 0.983. The van der Waals surface area contributed by atoms with E-state index in [-0.39, 0.29) is 0 Å². The lowest BCUT2D eigenvalue weighted by atomic mass is 11.9. The molecule has 0 N–H and O–H groups in total. The predicted molar refractivity (Wildman–Crippen MR) is 20.0 cm³/mol. The van der Waals surface area contributed by atoms with E-state index in [0.29, 0.717) is 0 Å². The van der Waals surface area contributed by atoms with Gasteiger partial charge in [-0.1, -0.05) is 0 Å². The first-order valence-corrected chi connectivity index (χ1v) is 2.95. The molecule has 2 heteroatoms. The topological polar surface area (TPSA) is 17.1 Å². The van der Waals surface area contributed by atoms with Crippen LogP contribution in [0.15, 0.2) is 0 Å². The highest BCUT2D eigenvalue weighted by molar-refractivity contribution is 7.83. The summed E-state index contributed by atoms with van der Waals surface area (Å²) in [6, 6.07) is 0. The molecule has 0 amide bonds. The zero-order valence-electron chi connectivity index (χ0n) is 2.82. The number of hydrogen-bond acceptors (Lipinski definition) is 1. The molecule has 0 aromatic heterocycles. The minimum absolute atomic E-state index is 0.611. The van der Waals surface area contributed by atoms with Crippen molar-refractivity contribution in [2.24, 2.45) is 0 Å². The van der Waals surface area contributed by atoms with Gasteiger partial charge in [-0.2, -0.15) is 0 Å². The Morgan fingerprint density at radius 3 is 1.50 bits per heavy atom. The molecule has 0 aliphatic rings. The lowest BCUT2D eigenvalue weighted by Gasteiger charge is -1.60. The fraction of sp³-hybridized carbons (Fsp3) is 1.00. The maximum absolute atomic E-state index is 9.56. The zero-order chi connectivity index (χ0) is 3.58. The van der Waals surface area contributed by atoms with Crippen LogP contribution in [0, 0.1) is 0 Å². The number of rotatable bonds is 0. The number of hydrogen-bond donors (Lipinski definition) is 0. The molecule has 0 aromatic carbocycles. The highest BCUT2D eigenvalue weighted by atomic mass is 32.2. The van der Waals surface area contributed by atoms with Crippen LogP contribution in [0.2, 0.25) is 0 Å². The van der Waals surface area contributed by atoms with Crippen LogP contribution in [-0.4, -0.2) is 16.7 Å². The second-order valence-corrected chi connectivity index (χ2v) is 2.22. The molecule has 1 nitrogen and oxygen atoms in total. The zero-order valence-corrected chi connectivity index (χ0v) is 3.63. The summed E-state index contributed by atoms with van der Waals surface area (Å²) in [6.07, 6.45) is 3.28. The summed E-state index contributed by atoms with van der Waals surface area (Å²) in [5, 5.41) is 0. The summed E-state index contributed by atoms with van der Waals surface area (Å²) >= 11 is 0. The second kappa shape index (κ2) is 1.47. The third-order valence-corrected chi connectivity index (χ3v) is 0. The standard InChI is InChI=1S/C2H6OS/c1-4(2)3/h1-2H3/i1+0,2+0. The van der Waals surface area contributed by atoms with Gasteiger partial charge in [0.2, 0.25) is 0 Å². The summed E-state index contributed by atoms with van der Waals surface area (Å²) in [7, 11) is -0.611. The van der Waals surface area contributed by atoms with Crippen LogP contribution in [0.4, 0.5) is 0 Å². The molecular weight excluding hydrogens is 72.1 g/mol. The van der Waals surface area contributed by atoms with Gasteiger partial charge < -0.3 is 0 Å². The van der Waals surface area contributed by atoms with Gasteiger partial charge in [0, 0.05) is 23.3 Å². The third kappa shape index (κ3) is 126. The summed E-state index contributed by atoms with van der Waals surface area (Å²) in [5.74, 6) is 0. The molecule has 0 fully saturated rings. The third-order valence-electron chi connectivity index (χ3n) is 0. The molecule has 0 radical (unpaired) electrons. The fourth-order valence-corrected chi connectivity index (χ4v) is 0. The van der Waals surface area contributed by atoms with E-state index in [2.05, 4.69) is 0 Å². The Bertz CT molecular complexity index is 29.0. The molecule has 0 aliphatic heterocycles. The van der Waals surface area contributed by atoms with Crippen LogP contribution in [0.3, 0.4) is 0 Å². The SMILES string of the molecule is [12CH3]S([12CH3])=O. The van der Waals surface area contributed by atoms with Gasteiger partial charge in [-0.05, 0) is 0 Å². The monoisotopic (exact) mass is 78.0 g/mol. The van der Waals surface area contributed by atoms with Gasteiger partial charge in [-0.3, -0.25) is 4.21 Å². The van der Waals surface area contributed by atoms with Gasteiger partial charge in [-0.25, -0.2) is 0 Å². The van der Waals surface area contributed by atoms with Gasteiger partial charge in [0.1, 0.15) is 0 Å². The summed E-state index contributed by atoms with van der Waals surface area (Å²) in [6.45, 7) is 0. The van der Waals surface area contributed by atoms with Gasteiger partial charge in [0.25, 0.3) is 0 Å². The van der Waals surface area contributed by atoms with Gasteiger partial charge in [0.05, 0.1) is 0 Å². The van der Waals surface area contributed by atoms with Gasteiger partial charge >= 0.3 is 0 Å². The molecule has 0 aliphatic carbocycles. The Labute approximate surface area is 28.5 Å². The molecule has 0 bridgehead atoms. The van der Waals surface area contributed by atoms with E-state index in [0.717, 1.165) is 0 Å². The quantitative estimate of drug-likeness (QED) is 0.398. The lowest BCUT2D eigenvalue weighted by molar-refractivity contribution is 0.690. The van der Waals surface area contributed by atoms with Crippen LogP contribution in [0.5, 0.6) is 0 Å². The maximum atomic E-state index is 9.56. The smallest absolute Gasteiger partial charge is 0.0148 e. The summed E-state index contributed by atoms with van der Waals surface area (Å²) in [5.41, 5.74) is 0. The van der Waals surface area contributed by atoms with Gasteiger partial charge in [0.15, 0.2) is 0 Å². The van der Waals surface area contributed by atoms with E-state index in [1.54, 1.807) is 12.5 Å². The normalized spacial score (nSPS) is 8.75. The fourth-order valence-electron chi connectivity index (χ4n) is 0. The molecule has 0 rings (SSSR count). The van der Waals surface area contributed by atoms with Crippen molar-refractivity contribution in [1.29, 1.82) is 0 Å². The van der Waals surface area contributed by atoms with Crippen LogP contribution >= 0.6 is 0 Å². The van der Waals surface area contributed by atoms with Crippen LogP contribution in [0.25, 0.3) is 0 Å². The van der Waals surface area contributed by atoms with Crippen molar-refractivity contribution in [3.05, 3.63) is 0 Å². The van der Waals surface area contributed by atoms with Crippen molar-refractivity contribution in [1.82, 2.24) is 0 Å². The first kappa shape index (κ1) is 4.15. The molecule has 0 saturated carbocycles. The minimum atomic E-state index is -0.611. The molecule has 4 heavy (non-hydrogen) atoms. The Kier molecular flexibility index (Phi) is 1.52. The molecule has 0 aromatic rings. The van der Waals surface area contributed by atoms with Crippen molar-refractivity contribution in [2.75, 3.05) is 12.5 Å². The Morgan fingerprint density at radius 1 is 1.50 bits per heavy atom. The molecule has 0 saturated heterocycles. The highest BCUT2D eigenvalue weighted by Crippen LogP contribution is 1.47. The van der Waals surface area contributed by atoms with Crippen LogP contribution in [-0.2, 0) is 10.8 Å². The molecule has 0 atom stereocenters. The van der Waals surface area contributed by atoms with E-state index in [9.17, 15) is 4.21 Å². The Morgan fingerprint density at radius 2 is 1.50 bits per heavy atom. The Balaban J connectivity index is 2.80. The molecule has 0 unspecified atom stereocenters. The van der Waals surface area contributed by atoms with E-state index < -0.39 is 10.8 Å². The van der Waals surface area contributed by atoms with E-state index in [4.69, 9.17) is 0 Å². The Hall–Kier alpha value is 0.150. The maximum Gasteiger partial charge on any atom is 0.0148 e. The highest BCUT2D eigenvalue weighted by Gasteiger charge is 1.57. The molecule has 0 heterocycles. The average molecular weight is 78.1 g/mol. The molecule has 26 valence electrons.